The topological polar surface area (TPSA) is 98.5 Å². The number of hydrogen-bond acceptors (Lipinski definition) is 4. The van der Waals surface area contributed by atoms with Crippen LogP contribution in [0, 0.1) is 11.3 Å². The molecule has 0 saturated carbocycles. The van der Waals surface area contributed by atoms with Gasteiger partial charge in [0, 0.05) is 6.54 Å². The first-order valence-electron chi connectivity index (χ1n) is 5.82. The van der Waals surface area contributed by atoms with Crippen LogP contribution in [-0.4, -0.2) is 36.4 Å². The number of aliphatic carboxylic acids is 1. The quantitative estimate of drug-likeness (QED) is 0.910. The molecule has 1 aromatic carbocycles. The normalized spacial score (nSPS) is 19.7. The van der Waals surface area contributed by atoms with Crippen LogP contribution in [0.2, 0.25) is 5.02 Å². The van der Waals surface area contributed by atoms with E-state index in [0.29, 0.717) is 12.8 Å². The zero-order valence-electron chi connectivity index (χ0n) is 10.3. The summed E-state index contributed by atoms with van der Waals surface area (Å²) >= 11 is 5.82. The Morgan fingerprint density at radius 1 is 1.50 bits per heavy atom. The molecule has 106 valence electrons. The SMILES string of the molecule is N#Cc1ccc(S(=O)(=O)N2CCC[C@@H]2C(=O)O)cc1Cl. The summed E-state index contributed by atoms with van der Waals surface area (Å²) in [5.74, 6) is -1.16. The van der Waals surface area contributed by atoms with E-state index in [1.165, 1.54) is 18.2 Å². The molecule has 0 amide bonds. The van der Waals surface area contributed by atoms with E-state index in [-0.39, 0.29) is 22.0 Å². The molecule has 1 N–H and O–H groups in total. The van der Waals surface area contributed by atoms with E-state index in [1.807, 2.05) is 6.07 Å². The molecule has 1 heterocycles. The predicted molar refractivity (Wildman–Crippen MR) is 70.7 cm³/mol. The highest BCUT2D eigenvalue weighted by atomic mass is 35.5. The maximum absolute atomic E-state index is 12.4. The van der Waals surface area contributed by atoms with Gasteiger partial charge in [-0.15, -0.1) is 0 Å². The van der Waals surface area contributed by atoms with Gasteiger partial charge in [-0.25, -0.2) is 8.42 Å². The number of sulfonamides is 1. The maximum atomic E-state index is 12.4. The van der Waals surface area contributed by atoms with Gasteiger partial charge in [0.05, 0.1) is 15.5 Å². The third-order valence-electron chi connectivity index (χ3n) is 3.16. The molecule has 1 aromatic rings. The molecule has 20 heavy (non-hydrogen) atoms. The van der Waals surface area contributed by atoms with Crippen LogP contribution in [0.1, 0.15) is 18.4 Å². The first kappa shape index (κ1) is 14.8. The van der Waals surface area contributed by atoms with Gasteiger partial charge in [-0.3, -0.25) is 4.79 Å². The Balaban J connectivity index is 2.43. The van der Waals surface area contributed by atoms with Crippen LogP contribution in [0.25, 0.3) is 0 Å². The van der Waals surface area contributed by atoms with Gasteiger partial charge in [0.2, 0.25) is 10.0 Å². The maximum Gasteiger partial charge on any atom is 0.322 e. The van der Waals surface area contributed by atoms with E-state index in [2.05, 4.69) is 0 Å². The second-order valence-corrected chi connectivity index (χ2v) is 6.66. The van der Waals surface area contributed by atoms with Crippen LogP contribution in [0.5, 0.6) is 0 Å². The first-order chi connectivity index (χ1) is 9.37. The van der Waals surface area contributed by atoms with E-state index in [9.17, 15) is 13.2 Å². The Morgan fingerprint density at radius 2 is 2.20 bits per heavy atom. The highest BCUT2D eigenvalue weighted by Crippen LogP contribution is 2.28. The van der Waals surface area contributed by atoms with Gasteiger partial charge in [-0.2, -0.15) is 9.57 Å². The lowest BCUT2D eigenvalue weighted by atomic mass is 10.2. The van der Waals surface area contributed by atoms with Crippen LogP contribution >= 0.6 is 11.6 Å². The second-order valence-electron chi connectivity index (χ2n) is 4.37. The molecule has 1 aliphatic heterocycles. The summed E-state index contributed by atoms with van der Waals surface area (Å²) in [7, 11) is -3.92. The Labute approximate surface area is 121 Å². The van der Waals surface area contributed by atoms with Crippen LogP contribution in [0.15, 0.2) is 23.1 Å². The molecule has 6 nitrogen and oxygen atoms in total. The molecule has 1 saturated heterocycles. The number of halogens is 1. The summed E-state index contributed by atoms with van der Waals surface area (Å²) in [4.78, 5) is 11.0. The van der Waals surface area contributed by atoms with Crippen molar-refractivity contribution in [3.8, 4) is 6.07 Å². The minimum absolute atomic E-state index is 0.0275. The molecular weight excluding hydrogens is 304 g/mol. The van der Waals surface area contributed by atoms with Crippen molar-refractivity contribution in [2.24, 2.45) is 0 Å². The number of carboxylic acid groups (broad SMARTS) is 1. The lowest BCUT2D eigenvalue weighted by Crippen LogP contribution is -2.40. The molecule has 0 radical (unpaired) electrons. The summed E-state index contributed by atoms with van der Waals surface area (Å²) in [5.41, 5.74) is 0.168. The molecular formula is C12H11ClN2O4S. The van der Waals surface area contributed by atoms with E-state index in [0.717, 1.165) is 4.31 Å². The van der Waals surface area contributed by atoms with Crippen molar-refractivity contribution in [3.05, 3.63) is 28.8 Å². The van der Waals surface area contributed by atoms with Gasteiger partial charge in [0.1, 0.15) is 12.1 Å². The predicted octanol–water partition coefficient (Wildman–Crippen LogP) is 1.45. The zero-order valence-corrected chi connectivity index (χ0v) is 11.9. The number of hydrogen-bond donors (Lipinski definition) is 1. The number of benzene rings is 1. The largest absolute Gasteiger partial charge is 0.480 e. The Hall–Kier alpha value is -1.62. The number of nitriles is 1. The fourth-order valence-electron chi connectivity index (χ4n) is 2.16. The molecule has 0 unspecified atom stereocenters. The van der Waals surface area contributed by atoms with Crippen LogP contribution in [0.3, 0.4) is 0 Å². The molecule has 1 atom stereocenters. The van der Waals surface area contributed by atoms with E-state index >= 15 is 0 Å². The van der Waals surface area contributed by atoms with Gasteiger partial charge in [0.25, 0.3) is 0 Å². The highest BCUT2D eigenvalue weighted by Gasteiger charge is 2.39. The molecule has 1 aliphatic rings. The Kier molecular flexibility index (Phi) is 3.99. The van der Waals surface area contributed by atoms with Gasteiger partial charge < -0.3 is 5.11 Å². The van der Waals surface area contributed by atoms with Crippen molar-refractivity contribution in [3.63, 3.8) is 0 Å². The lowest BCUT2D eigenvalue weighted by molar-refractivity contribution is -0.140. The molecule has 0 spiro atoms. The summed E-state index contributed by atoms with van der Waals surface area (Å²) in [6.45, 7) is 0.164. The zero-order chi connectivity index (χ0) is 14.9. The first-order valence-corrected chi connectivity index (χ1v) is 7.64. The van der Waals surface area contributed by atoms with Crippen molar-refractivity contribution in [1.82, 2.24) is 4.31 Å². The third-order valence-corrected chi connectivity index (χ3v) is 5.37. The van der Waals surface area contributed by atoms with Crippen LogP contribution in [0.4, 0.5) is 0 Å². The van der Waals surface area contributed by atoms with Crippen molar-refractivity contribution >= 4 is 27.6 Å². The summed E-state index contributed by atoms with van der Waals surface area (Å²) in [6.07, 6.45) is 0.790. The van der Waals surface area contributed by atoms with E-state index in [1.54, 1.807) is 0 Å². The average Bonchev–Trinajstić information content (AvgIpc) is 2.88. The molecule has 2 rings (SSSR count). The lowest BCUT2D eigenvalue weighted by Gasteiger charge is -2.21. The van der Waals surface area contributed by atoms with Crippen LogP contribution < -0.4 is 0 Å². The summed E-state index contributed by atoms with van der Waals surface area (Å²) < 4.78 is 25.8. The average molecular weight is 315 g/mol. The fourth-order valence-corrected chi connectivity index (χ4v) is 4.12. The van der Waals surface area contributed by atoms with Crippen molar-refractivity contribution in [2.75, 3.05) is 6.54 Å². The van der Waals surface area contributed by atoms with Crippen molar-refractivity contribution < 1.29 is 18.3 Å². The second kappa shape index (κ2) is 5.40. The molecule has 0 bridgehead atoms. The summed E-state index contributed by atoms with van der Waals surface area (Å²) in [6, 6.07) is 4.53. The number of rotatable bonds is 3. The van der Waals surface area contributed by atoms with E-state index in [4.69, 9.17) is 22.0 Å². The highest BCUT2D eigenvalue weighted by molar-refractivity contribution is 7.89. The van der Waals surface area contributed by atoms with Gasteiger partial charge >= 0.3 is 5.97 Å². The minimum Gasteiger partial charge on any atom is -0.480 e. The van der Waals surface area contributed by atoms with Crippen molar-refractivity contribution in [1.29, 1.82) is 5.26 Å². The van der Waals surface area contributed by atoms with Gasteiger partial charge in [0.15, 0.2) is 0 Å². The Morgan fingerprint density at radius 3 is 2.75 bits per heavy atom. The molecule has 8 heteroatoms. The smallest absolute Gasteiger partial charge is 0.322 e. The molecule has 0 aliphatic carbocycles. The van der Waals surface area contributed by atoms with Gasteiger partial charge in [-0.05, 0) is 31.0 Å². The molecule has 1 fully saturated rings. The summed E-state index contributed by atoms with van der Waals surface area (Å²) in [5, 5.41) is 17.8. The number of carbonyl (C=O) groups is 1. The van der Waals surface area contributed by atoms with E-state index < -0.39 is 22.0 Å². The van der Waals surface area contributed by atoms with Crippen LogP contribution in [-0.2, 0) is 14.8 Å². The molecule has 0 aromatic heterocycles. The third kappa shape index (κ3) is 2.50. The minimum atomic E-state index is -3.92. The number of nitrogens with zero attached hydrogens (tertiary/aromatic N) is 2. The standard InChI is InChI=1S/C12H11ClN2O4S/c13-10-6-9(4-3-8(10)7-14)20(18,19)15-5-1-2-11(15)12(16)17/h3-4,6,11H,1-2,5H2,(H,16,17)/t11-/m1/s1. The van der Waals surface area contributed by atoms with Gasteiger partial charge in [-0.1, -0.05) is 11.6 Å². The van der Waals surface area contributed by atoms with Crippen molar-refractivity contribution in [2.45, 2.75) is 23.8 Å². The fraction of sp³-hybridized carbons (Fsp3) is 0.333. The monoisotopic (exact) mass is 314 g/mol. The Bertz CT molecular complexity index is 696. The number of carboxylic acids is 1.